The van der Waals surface area contributed by atoms with Crippen molar-refractivity contribution < 1.29 is 14.6 Å². The van der Waals surface area contributed by atoms with Crippen LogP contribution in [0.15, 0.2) is 30.6 Å². The third-order valence-corrected chi connectivity index (χ3v) is 3.41. The minimum atomic E-state index is -0.0199. The number of aryl methyl sites for hydroxylation is 1. The molecule has 6 heteroatoms. The SMILES string of the molecule is COc1cc(C(C)NCc2cnn(C)c2)ccc1OCCO. The molecule has 0 spiro atoms. The lowest BCUT2D eigenvalue weighted by Crippen LogP contribution is -2.18. The Morgan fingerprint density at radius 2 is 2.18 bits per heavy atom. The van der Waals surface area contributed by atoms with Crippen LogP contribution in [0, 0.1) is 0 Å². The molecule has 2 N–H and O–H groups in total. The molecule has 1 aromatic carbocycles. The minimum Gasteiger partial charge on any atom is -0.493 e. The van der Waals surface area contributed by atoms with Gasteiger partial charge in [-0.05, 0) is 24.6 Å². The highest BCUT2D eigenvalue weighted by atomic mass is 16.5. The minimum absolute atomic E-state index is 0.0199. The van der Waals surface area contributed by atoms with Crippen LogP contribution in [0.5, 0.6) is 11.5 Å². The number of hydrogen-bond donors (Lipinski definition) is 2. The summed E-state index contributed by atoms with van der Waals surface area (Å²) in [5.74, 6) is 1.31. The van der Waals surface area contributed by atoms with E-state index in [1.807, 2.05) is 37.6 Å². The summed E-state index contributed by atoms with van der Waals surface area (Å²) in [6.07, 6.45) is 3.85. The van der Waals surface area contributed by atoms with Crippen molar-refractivity contribution in [1.29, 1.82) is 0 Å². The predicted octanol–water partition coefficient (Wildman–Crippen LogP) is 1.65. The topological polar surface area (TPSA) is 68.5 Å². The molecule has 2 rings (SSSR count). The molecule has 120 valence electrons. The second kappa shape index (κ2) is 7.82. The number of hydrogen-bond acceptors (Lipinski definition) is 5. The lowest BCUT2D eigenvalue weighted by atomic mass is 10.1. The molecule has 0 amide bonds. The number of ether oxygens (including phenoxy) is 2. The van der Waals surface area contributed by atoms with Crippen LogP contribution in [-0.4, -0.2) is 35.2 Å². The molecule has 0 saturated carbocycles. The average Bonchev–Trinajstić information content (AvgIpc) is 2.95. The molecule has 0 fully saturated rings. The molecule has 1 unspecified atom stereocenters. The normalized spacial score (nSPS) is 12.2. The molecule has 22 heavy (non-hydrogen) atoms. The van der Waals surface area contributed by atoms with Gasteiger partial charge < -0.3 is 19.9 Å². The predicted molar refractivity (Wildman–Crippen MR) is 84.0 cm³/mol. The van der Waals surface area contributed by atoms with Gasteiger partial charge in [0.25, 0.3) is 0 Å². The third-order valence-electron chi connectivity index (χ3n) is 3.41. The summed E-state index contributed by atoms with van der Waals surface area (Å²) in [5.41, 5.74) is 2.25. The van der Waals surface area contributed by atoms with Crippen LogP contribution in [0.4, 0.5) is 0 Å². The number of methoxy groups -OCH3 is 1. The van der Waals surface area contributed by atoms with Crippen molar-refractivity contribution in [2.75, 3.05) is 20.3 Å². The zero-order valence-electron chi connectivity index (χ0n) is 13.2. The molecular formula is C16H23N3O3. The smallest absolute Gasteiger partial charge is 0.161 e. The van der Waals surface area contributed by atoms with Crippen LogP contribution in [0.3, 0.4) is 0 Å². The van der Waals surface area contributed by atoms with Crippen molar-refractivity contribution >= 4 is 0 Å². The van der Waals surface area contributed by atoms with E-state index in [1.54, 1.807) is 11.8 Å². The number of aromatic nitrogens is 2. The second-order valence-corrected chi connectivity index (χ2v) is 5.11. The van der Waals surface area contributed by atoms with E-state index in [-0.39, 0.29) is 19.3 Å². The molecule has 0 aliphatic heterocycles. The number of benzene rings is 1. The summed E-state index contributed by atoms with van der Waals surface area (Å²) < 4.78 is 12.6. The van der Waals surface area contributed by atoms with Crippen LogP contribution in [-0.2, 0) is 13.6 Å². The first-order chi connectivity index (χ1) is 10.6. The Labute approximate surface area is 130 Å². The molecule has 0 radical (unpaired) electrons. The first kappa shape index (κ1) is 16.3. The van der Waals surface area contributed by atoms with E-state index in [0.29, 0.717) is 11.5 Å². The van der Waals surface area contributed by atoms with Gasteiger partial charge in [-0.25, -0.2) is 0 Å². The van der Waals surface area contributed by atoms with Crippen LogP contribution in [0.25, 0.3) is 0 Å². The van der Waals surface area contributed by atoms with Gasteiger partial charge in [-0.15, -0.1) is 0 Å². The van der Waals surface area contributed by atoms with Crippen LogP contribution in [0.1, 0.15) is 24.1 Å². The molecular weight excluding hydrogens is 282 g/mol. The van der Waals surface area contributed by atoms with E-state index in [2.05, 4.69) is 17.3 Å². The number of nitrogens with one attached hydrogen (secondary N) is 1. The molecule has 1 heterocycles. The Morgan fingerprint density at radius 3 is 2.82 bits per heavy atom. The fraction of sp³-hybridized carbons (Fsp3) is 0.438. The van der Waals surface area contributed by atoms with Crippen molar-refractivity contribution in [3.8, 4) is 11.5 Å². The molecule has 6 nitrogen and oxygen atoms in total. The van der Waals surface area contributed by atoms with Gasteiger partial charge in [-0.2, -0.15) is 5.10 Å². The van der Waals surface area contributed by atoms with Crippen LogP contribution >= 0.6 is 0 Å². The number of rotatable bonds is 8. The maximum atomic E-state index is 8.83. The van der Waals surface area contributed by atoms with Gasteiger partial charge in [-0.3, -0.25) is 4.68 Å². The quantitative estimate of drug-likeness (QED) is 0.776. The van der Waals surface area contributed by atoms with Gasteiger partial charge in [-0.1, -0.05) is 6.07 Å². The summed E-state index contributed by atoms with van der Waals surface area (Å²) in [6.45, 7) is 3.08. The summed E-state index contributed by atoms with van der Waals surface area (Å²) in [5, 5.41) is 16.4. The highest BCUT2D eigenvalue weighted by Crippen LogP contribution is 2.30. The van der Waals surface area contributed by atoms with E-state index < -0.39 is 0 Å². The van der Waals surface area contributed by atoms with Crippen molar-refractivity contribution in [2.45, 2.75) is 19.5 Å². The first-order valence-corrected chi connectivity index (χ1v) is 7.26. The Kier molecular flexibility index (Phi) is 5.80. The zero-order chi connectivity index (χ0) is 15.9. The number of aliphatic hydroxyl groups is 1. The number of aliphatic hydroxyl groups excluding tert-OH is 1. The summed E-state index contributed by atoms with van der Waals surface area (Å²) in [4.78, 5) is 0. The van der Waals surface area contributed by atoms with Crippen LogP contribution in [0.2, 0.25) is 0 Å². The Bertz CT molecular complexity index is 598. The Balaban J connectivity index is 2.01. The molecule has 2 aromatic rings. The van der Waals surface area contributed by atoms with Crippen molar-refractivity contribution in [2.24, 2.45) is 7.05 Å². The molecule has 1 atom stereocenters. The van der Waals surface area contributed by atoms with Gasteiger partial charge in [0.15, 0.2) is 11.5 Å². The molecule has 0 bridgehead atoms. The number of nitrogens with zero attached hydrogens (tertiary/aromatic N) is 2. The molecule has 1 aromatic heterocycles. The molecule has 0 saturated heterocycles. The van der Waals surface area contributed by atoms with Gasteiger partial charge >= 0.3 is 0 Å². The van der Waals surface area contributed by atoms with Crippen LogP contribution < -0.4 is 14.8 Å². The van der Waals surface area contributed by atoms with E-state index in [0.717, 1.165) is 17.7 Å². The maximum Gasteiger partial charge on any atom is 0.161 e. The van der Waals surface area contributed by atoms with E-state index in [1.165, 1.54) is 0 Å². The fourth-order valence-corrected chi connectivity index (χ4v) is 2.18. The molecule has 0 aliphatic carbocycles. The lowest BCUT2D eigenvalue weighted by Gasteiger charge is -2.16. The highest BCUT2D eigenvalue weighted by molar-refractivity contribution is 5.43. The second-order valence-electron chi connectivity index (χ2n) is 5.11. The highest BCUT2D eigenvalue weighted by Gasteiger charge is 2.11. The van der Waals surface area contributed by atoms with Crippen molar-refractivity contribution in [3.05, 3.63) is 41.7 Å². The van der Waals surface area contributed by atoms with Crippen molar-refractivity contribution in [1.82, 2.24) is 15.1 Å². The van der Waals surface area contributed by atoms with Crippen molar-refractivity contribution in [3.63, 3.8) is 0 Å². The summed E-state index contributed by atoms with van der Waals surface area (Å²) in [7, 11) is 3.52. The first-order valence-electron chi connectivity index (χ1n) is 7.26. The Morgan fingerprint density at radius 1 is 1.36 bits per heavy atom. The van der Waals surface area contributed by atoms with E-state index in [9.17, 15) is 0 Å². The van der Waals surface area contributed by atoms with Gasteiger partial charge in [0, 0.05) is 31.4 Å². The van der Waals surface area contributed by atoms with E-state index in [4.69, 9.17) is 14.6 Å². The Hall–Kier alpha value is -2.05. The summed E-state index contributed by atoms with van der Waals surface area (Å²) in [6, 6.07) is 5.98. The fourth-order valence-electron chi connectivity index (χ4n) is 2.18. The maximum absolute atomic E-state index is 8.83. The zero-order valence-corrected chi connectivity index (χ0v) is 13.2. The van der Waals surface area contributed by atoms with E-state index >= 15 is 0 Å². The van der Waals surface area contributed by atoms with Gasteiger partial charge in [0.2, 0.25) is 0 Å². The third kappa shape index (κ3) is 4.22. The summed E-state index contributed by atoms with van der Waals surface area (Å²) >= 11 is 0. The standard InChI is InChI=1S/C16H23N3O3/c1-12(17-9-13-10-18-19(2)11-13)14-4-5-15(22-7-6-20)16(8-14)21-3/h4-5,8,10-12,17,20H,6-7,9H2,1-3H3. The average molecular weight is 305 g/mol. The monoisotopic (exact) mass is 305 g/mol. The van der Waals surface area contributed by atoms with Gasteiger partial charge in [0.1, 0.15) is 6.61 Å². The lowest BCUT2D eigenvalue weighted by molar-refractivity contribution is 0.196. The molecule has 0 aliphatic rings. The largest absolute Gasteiger partial charge is 0.493 e. The van der Waals surface area contributed by atoms with Gasteiger partial charge in [0.05, 0.1) is 19.9 Å².